The van der Waals surface area contributed by atoms with Gasteiger partial charge in [-0.05, 0) is 39.0 Å². The first-order chi connectivity index (χ1) is 19.1. The van der Waals surface area contributed by atoms with Gasteiger partial charge in [-0.25, -0.2) is 0 Å². The number of nitrogens with one attached hydrogen (secondary N) is 2. The van der Waals surface area contributed by atoms with E-state index in [1.165, 1.54) is 32.9 Å². The summed E-state index contributed by atoms with van der Waals surface area (Å²) in [5, 5.41) is 5.11. The Morgan fingerprint density at radius 1 is 0.829 bits per heavy atom. The molecule has 4 atom stereocenters. The summed E-state index contributed by atoms with van der Waals surface area (Å²) >= 11 is 0. The van der Waals surface area contributed by atoms with Crippen LogP contribution in [0, 0.1) is 17.8 Å². The van der Waals surface area contributed by atoms with E-state index >= 15 is 0 Å². The van der Waals surface area contributed by atoms with Crippen LogP contribution in [0.1, 0.15) is 86.0 Å². The lowest BCUT2D eigenvalue weighted by atomic mass is 9.87. The average Bonchev–Trinajstić information content (AvgIpc) is 3.18. The third kappa shape index (κ3) is 13.0. The molecule has 1 aliphatic heterocycles. The number of imide groups is 1. The number of rotatable bonds is 20. The van der Waals surface area contributed by atoms with Crippen molar-refractivity contribution in [1.29, 1.82) is 0 Å². The highest BCUT2D eigenvalue weighted by Gasteiger charge is 2.30. The first-order valence-corrected chi connectivity index (χ1v) is 14.1. The van der Waals surface area contributed by atoms with Crippen molar-refractivity contribution in [3.63, 3.8) is 0 Å². The zero-order valence-electron chi connectivity index (χ0n) is 24.7. The number of hydrogen-bond donors (Lipinski definition) is 3. The minimum absolute atomic E-state index is 0.131. The average molecular weight is 577 g/mol. The fourth-order valence-corrected chi connectivity index (χ4v) is 4.46. The van der Waals surface area contributed by atoms with Crippen LogP contribution in [0.2, 0.25) is 0 Å². The maximum atomic E-state index is 12.9. The number of Topliss-reactive ketones (excluding diaryl/α,β-unsaturated/α-hetero) is 3. The molecule has 12 heteroatoms. The van der Waals surface area contributed by atoms with Crippen molar-refractivity contribution in [1.82, 2.24) is 15.5 Å². The van der Waals surface area contributed by atoms with Gasteiger partial charge >= 0.3 is 0 Å². The van der Waals surface area contributed by atoms with Gasteiger partial charge in [0.15, 0.2) is 11.6 Å². The van der Waals surface area contributed by atoms with Crippen molar-refractivity contribution in [2.45, 2.75) is 98.1 Å². The zero-order valence-corrected chi connectivity index (χ0v) is 24.7. The number of amides is 5. The van der Waals surface area contributed by atoms with Crippen molar-refractivity contribution in [3.8, 4) is 0 Å². The molecular weight excluding hydrogens is 532 g/mol. The third-order valence-corrected chi connectivity index (χ3v) is 6.89. The summed E-state index contributed by atoms with van der Waals surface area (Å²) in [4.78, 5) is 98.3. The van der Waals surface area contributed by atoms with Crippen molar-refractivity contribution < 1.29 is 38.4 Å². The molecule has 5 amide bonds. The minimum Gasteiger partial charge on any atom is -0.370 e. The summed E-state index contributed by atoms with van der Waals surface area (Å²) in [5.74, 6) is -4.67. The molecule has 1 aliphatic rings. The molecule has 0 bridgehead atoms. The lowest BCUT2D eigenvalue weighted by molar-refractivity contribution is -0.137. The molecule has 0 aliphatic carbocycles. The second kappa shape index (κ2) is 17.2. The Hall–Kier alpha value is -3.70. The van der Waals surface area contributed by atoms with Gasteiger partial charge in [-0.15, -0.1) is 0 Å². The first-order valence-electron chi connectivity index (χ1n) is 14.1. The Morgan fingerprint density at radius 3 is 1.98 bits per heavy atom. The second-order valence-electron chi connectivity index (χ2n) is 11.2. The number of primary amides is 1. The number of hydrogen-bond acceptors (Lipinski definition) is 8. The summed E-state index contributed by atoms with van der Waals surface area (Å²) in [6.45, 7) is 8.54. The van der Waals surface area contributed by atoms with Crippen molar-refractivity contribution in [2.75, 3.05) is 6.54 Å². The van der Waals surface area contributed by atoms with Gasteiger partial charge in [0.05, 0.1) is 18.5 Å². The summed E-state index contributed by atoms with van der Waals surface area (Å²) in [5.41, 5.74) is 5.28. The number of unbranched alkanes of at least 4 members (excludes halogenated alkanes) is 2. The second-order valence-corrected chi connectivity index (χ2v) is 11.2. The van der Waals surface area contributed by atoms with Crippen molar-refractivity contribution in [2.24, 2.45) is 23.5 Å². The van der Waals surface area contributed by atoms with Crippen molar-refractivity contribution >= 4 is 46.9 Å². The van der Waals surface area contributed by atoms with E-state index in [1.807, 2.05) is 13.8 Å². The first kappa shape index (κ1) is 35.3. The van der Waals surface area contributed by atoms with Gasteiger partial charge in [-0.2, -0.15) is 0 Å². The highest BCUT2D eigenvalue weighted by molar-refractivity contribution is 6.12. The fourth-order valence-electron chi connectivity index (χ4n) is 4.46. The van der Waals surface area contributed by atoms with Gasteiger partial charge in [0, 0.05) is 49.8 Å². The molecule has 0 aromatic heterocycles. The van der Waals surface area contributed by atoms with Crippen LogP contribution in [0.3, 0.4) is 0 Å². The lowest BCUT2D eigenvalue weighted by Crippen LogP contribution is -2.47. The number of nitrogens with zero attached hydrogens (tertiary/aromatic N) is 1. The third-order valence-electron chi connectivity index (χ3n) is 6.89. The number of ketones is 3. The Bertz CT molecular complexity index is 1030. The largest absolute Gasteiger partial charge is 0.370 e. The molecule has 1 rings (SSSR count). The molecule has 0 aromatic rings. The van der Waals surface area contributed by atoms with E-state index < -0.39 is 47.9 Å². The highest BCUT2D eigenvalue weighted by atomic mass is 16.2. The van der Waals surface area contributed by atoms with E-state index in [-0.39, 0.29) is 61.0 Å². The smallest absolute Gasteiger partial charge is 0.253 e. The van der Waals surface area contributed by atoms with Crippen LogP contribution in [-0.2, 0) is 38.4 Å². The predicted octanol–water partition coefficient (Wildman–Crippen LogP) is 1.14. The summed E-state index contributed by atoms with van der Waals surface area (Å²) < 4.78 is 0. The molecule has 228 valence electrons. The Balaban J connectivity index is 2.53. The topological polar surface area (TPSA) is 190 Å². The monoisotopic (exact) mass is 576 g/mol. The van der Waals surface area contributed by atoms with Crippen LogP contribution in [-0.4, -0.2) is 70.4 Å². The predicted molar refractivity (Wildman–Crippen MR) is 150 cm³/mol. The van der Waals surface area contributed by atoms with Crippen LogP contribution in [0.4, 0.5) is 0 Å². The molecule has 1 heterocycles. The maximum absolute atomic E-state index is 12.9. The standard InChI is InChI=1S/C29H44N4O8/c1-17(2)13-21(20(5)34)15-24(36)22(16-25(30)37)32-29(41)18(3)14-23(35)19(4)31-26(38)9-7-6-8-12-33-27(39)10-11-28(33)40/h10-11,17-19,21-22H,6-9,12-16H2,1-5H3,(H2,30,37)(H,31,38)(H,32,41)/t18-,19+,21-,22+/m1/s1. The van der Waals surface area contributed by atoms with Crippen LogP contribution in [0.15, 0.2) is 12.2 Å². The molecule has 4 N–H and O–H groups in total. The molecule has 0 saturated heterocycles. The number of nitrogens with two attached hydrogens (primary N) is 1. The van der Waals surface area contributed by atoms with E-state index in [0.29, 0.717) is 25.7 Å². The van der Waals surface area contributed by atoms with Gasteiger partial charge in [0.1, 0.15) is 5.78 Å². The van der Waals surface area contributed by atoms with Gasteiger partial charge in [-0.1, -0.05) is 27.2 Å². The zero-order chi connectivity index (χ0) is 31.3. The SMILES string of the molecule is CC(=O)[C@@H](CC(=O)[C@H](CC(N)=O)NC(=O)[C@H](C)CC(=O)[C@H](C)NC(=O)CCCCCN1C(=O)C=CC1=O)CC(C)C. The molecule has 0 radical (unpaired) electrons. The minimum atomic E-state index is -1.21. The summed E-state index contributed by atoms with van der Waals surface area (Å²) in [7, 11) is 0. The highest BCUT2D eigenvalue weighted by Crippen LogP contribution is 2.19. The van der Waals surface area contributed by atoms with Gasteiger partial charge in [-0.3, -0.25) is 43.3 Å². The van der Waals surface area contributed by atoms with E-state index in [2.05, 4.69) is 10.6 Å². The molecule has 0 saturated carbocycles. The summed E-state index contributed by atoms with van der Waals surface area (Å²) in [6, 6.07) is -2.05. The van der Waals surface area contributed by atoms with E-state index in [9.17, 15) is 38.4 Å². The summed E-state index contributed by atoms with van der Waals surface area (Å²) in [6.07, 6.45) is 3.99. The van der Waals surface area contributed by atoms with E-state index in [1.54, 1.807) is 0 Å². The van der Waals surface area contributed by atoms with Crippen LogP contribution in [0.5, 0.6) is 0 Å². The molecule has 41 heavy (non-hydrogen) atoms. The van der Waals surface area contributed by atoms with E-state index in [0.717, 1.165) is 4.90 Å². The van der Waals surface area contributed by atoms with Crippen LogP contribution in [0.25, 0.3) is 0 Å². The van der Waals surface area contributed by atoms with Crippen LogP contribution < -0.4 is 16.4 Å². The Labute approximate surface area is 241 Å². The molecule has 0 fully saturated rings. The Kier molecular flexibility index (Phi) is 14.8. The van der Waals surface area contributed by atoms with Crippen molar-refractivity contribution in [3.05, 3.63) is 12.2 Å². The molecule has 12 nitrogen and oxygen atoms in total. The van der Waals surface area contributed by atoms with Gasteiger partial charge < -0.3 is 16.4 Å². The van der Waals surface area contributed by atoms with Gasteiger partial charge in [0.2, 0.25) is 17.7 Å². The van der Waals surface area contributed by atoms with Gasteiger partial charge in [0.25, 0.3) is 11.8 Å². The fraction of sp³-hybridized carbons (Fsp3) is 0.655. The van der Waals surface area contributed by atoms with E-state index in [4.69, 9.17) is 5.73 Å². The molecule has 0 unspecified atom stereocenters. The number of carbonyl (C=O) groups is 8. The maximum Gasteiger partial charge on any atom is 0.253 e. The normalized spacial score (nSPS) is 15.8. The molecular formula is C29H44N4O8. The quantitative estimate of drug-likeness (QED) is 0.142. The van der Waals surface area contributed by atoms with Crippen LogP contribution >= 0.6 is 0 Å². The Morgan fingerprint density at radius 2 is 1.44 bits per heavy atom. The molecule has 0 aromatic carbocycles. The molecule has 0 spiro atoms. The number of carbonyl (C=O) groups excluding carboxylic acids is 8. The lowest BCUT2D eigenvalue weighted by Gasteiger charge is -2.22.